The van der Waals surface area contributed by atoms with Crippen LogP contribution in [0.4, 0.5) is 8.78 Å². The SMILES string of the molecule is CCc1cc(CC)c([S+](c2ccccc2)c2ccccc2)c(CC)c1.O=S(=O)([O-])c1ccc(F)cc1F. The van der Waals surface area contributed by atoms with Gasteiger partial charge in [0.1, 0.15) is 21.8 Å². The summed E-state index contributed by atoms with van der Waals surface area (Å²) in [5.41, 5.74) is 4.47. The van der Waals surface area contributed by atoms with Gasteiger partial charge >= 0.3 is 0 Å². The minimum absolute atomic E-state index is 0.0478. The highest BCUT2D eigenvalue weighted by Gasteiger charge is 2.33. The number of rotatable bonds is 7. The van der Waals surface area contributed by atoms with Crippen molar-refractivity contribution in [1.29, 1.82) is 0 Å². The van der Waals surface area contributed by atoms with Gasteiger partial charge in [0.2, 0.25) is 0 Å². The van der Waals surface area contributed by atoms with Crippen LogP contribution in [0.2, 0.25) is 0 Å². The lowest BCUT2D eigenvalue weighted by Crippen LogP contribution is -2.11. The predicted octanol–water partition coefficient (Wildman–Crippen LogP) is 7.34. The van der Waals surface area contributed by atoms with Gasteiger partial charge in [-0.3, -0.25) is 0 Å². The molecule has 0 amide bonds. The largest absolute Gasteiger partial charge is 0.744 e. The maximum absolute atomic E-state index is 12.5. The minimum atomic E-state index is -4.84. The molecule has 0 saturated carbocycles. The molecule has 0 aliphatic rings. The van der Waals surface area contributed by atoms with Crippen LogP contribution in [0.5, 0.6) is 0 Å². The van der Waals surface area contributed by atoms with Gasteiger partial charge in [-0.1, -0.05) is 69.3 Å². The third-order valence-corrected chi connectivity index (χ3v) is 9.09. The second-order valence-electron chi connectivity index (χ2n) is 8.27. The van der Waals surface area contributed by atoms with Gasteiger partial charge in [0.25, 0.3) is 0 Å². The number of aryl methyl sites for hydroxylation is 3. The normalized spacial score (nSPS) is 11.2. The first-order valence-electron chi connectivity index (χ1n) is 12.1. The molecule has 0 N–H and O–H groups in total. The Hall–Kier alpha value is -3.00. The summed E-state index contributed by atoms with van der Waals surface area (Å²) in [4.78, 5) is 3.31. The summed E-state index contributed by atoms with van der Waals surface area (Å²) in [6, 6.07) is 28.5. The van der Waals surface area contributed by atoms with Gasteiger partial charge in [0, 0.05) is 17.2 Å². The Kier molecular flexibility index (Phi) is 10.0. The Bertz CT molecular complexity index is 1360. The Morgan fingerprint density at radius 2 is 1.19 bits per heavy atom. The van der Waals surface area contributed by atoms with Crippen molar-refractivity contribution in [3.63, 3.8) is 0 Å². The van der Waals surface area contributed by atoms with Crippen LogP contribution in [0.15, 0.2) is 111 Å². The third-order valence-electron chi connectivity index (χ3n) is 5.80. The summed E-state index contributed by atoms with van der Waals surface area (Å²) in [6.45, 7) is 6.83. The highest BCUT2D eigenvalue weighted by Crippen LogP contribution is 2.36. The van der Waals surface area contributed by atoms with Gasteiger partial charge in [0.15, 0.2) is 14.7 Å². The number of benzene rings is 4. The number of hydrogen-bond acceptors (Lipinski definition) is 3. The molecule has 4 aromatic carbocycles. The molecule has 0 fully saturated rings. The van der Waals surface area contributed by atoms with E-state index in [4.69, 9.17) is 0 Å². The quantitative estimate of drug-likeness (QED) is 0.182. The molecule has 194 valence electrons. The van der Waals surface area contributed by atoms with Crippen molar-refractivity contribution >= 4 is 21.0 Å². The molecule has 37 heavy (non-hydrogen) atoms. The maximum atomic E-state index is 12.5. The molecule has 0 spiro atoms. The van der Waals surface area contributed by atoms with E-state index >= 15 is 0 Å². The first-order valence-corrected chi connectivity index (χ1v) is 14.7. The predicted molar refractivity (Wildman–Crippen MR) is 144 cm³/mol. The van der Waals surface area contributed by atoms with Crippen LogP contribution < -0.4 is 0 Å². The highest BCUT2D eigenvalue weighted by molar-refractivity contribution is 7.97. The lowest BCUT2D eigenvalue weighted by molar-refractivity contribution is 0.453. The van der Waals surface area contributed by atoms with E-state index in [9.17, 15) is 21.8 Å². The maximum Gasteiger partial charge on any atom is 0.172 e. The van der Waals surface area contributed by atoms with Gasteiger partial charge in [0.05, 0.1) is 15.8 Å². The van der Waals surface area contributed by atoms with E-state index in [1.165, 1.54) is 26.5 Å². The monoisotopic (exact) mass is 540 g/mol. The van der Waals surface area contributed by atoms with Gasteiger partial charge in [-0.15, -0.1) is 0 Å². The van der Waals surface area contributed by atoms with Crippen LogP contribution >= 0.6 is 0 Å². The molecule has 0 aromatic heterocycles. The summed E-state index contributed by atoms with van der Waals surface area (Å²) in [7, 11) is -4.89. The Balaban J connectivity index is 0.000000266. The number of hydrogen-bond donors (Lipinski definition) is 0. The second kappa shape index (κ2) is 13.0. The summed E-state index contributed by atoms with van der Waals surface area (Å²) in [5, 5.41) is 0. The van der Waals surface area contributed by atoms with Crippen molar-refractivity contribution in [3.8, 4) is 0 Å². The van der Waals surface area contributed by atoms with E-state index in [-0.39, 0.29) is 10.9 Å². The van der Waals surface area contributed by atoms with Crippen molar-refractivity contribution in [1.82, 2.24) is 0 Å². The molecule has 4 aromatic rings. The van der Waals surface area contributed by atoms with Gasteiger partial charge in [-0.05, 0) is 61.2 Å². The number of halogens is 2. The Morgan fingerprint density at radius 3 is 1.57 bits per heavy atom. The van der Waals surface area contributed by atoms with E-state index in [1.807, 2.05) is 0 Å². The molecule has 0 atom stereocenters. The zero-order valence-electron chi connectivity index (χ0n) is 21.1. The third kappa shape index (κ3) is 7.28. The molecule has 0 aliphatic carbocycles. The van der Waals surface area contributed by atoms with Crippen LogP contribution in [-0.4, -0.2) is 13.0 Å². The first kappa shape index (κ1) is 28.6. The van der Waals surface area contributed by atoms with E-state index in [2.05, 4.69) is 93.6 Å². The van der Waals surface area contributed by atoms with Crippen LogP contribution in [-0.2, 0) is 40.3 Å². The average Bonchev–Trinajstić information content (AvgIpc) is 2.89. The highest BCUT2D eigenvalue weighted by atomic mass is 32.2. The van der Waals surface area contributed by atoms with Crippen LogP contribution in [0, 0.1) is 11.6 Å². The van der Waals surface area contributed by atoms with E-state index in [1.54, 1.807) is 4.90 Å². The molecule has 0 aliphatic heterocycles. The van der Waals surface area contributed by atoms with Crippen LogP contribution in [0.25, 0.3) is 0 Å². The molecule has 7 heteroatoms. The van der Waals surface area contributed by atoms with Gasteiger partial charge in [-0.2, -0.15) is 0 Å². The van der Waals surface area contributed by atoms with Crippen molar-refractivity contribution in [3.05, 3.63) is 119 Å². The molecule has 3 nitrogen and oxygen atoms in total. The van der Waals surface area contributed by atoms with E-state index < -0.39 is 26.6 Å². The van der Waals surface area contributed by atoms with Crippen molar-refractivity contribution in [2.24, 2.45) is 0 Å². The molecular weight excluding hydrogens is 510 g/mol. The standard InChI is InChI=1S/C24H27S.C6H4F2O3S/c1-4-19-17-20(5-2)24(21(6-3)18-19)25(22-13-9-7-10-14-22)23-15-11-8-12-16-23;7-4-1-2-6(5(8)3-4)12(9,10)11/h7-18H,4-6H2,1-3H3;1-3H,(H,9,10,11)/q+1;/p-1. The summed E-state index contributed by atoms with van der Waals surface area (Å²) in [5.74, 6) is -2.30. The lowest BCUT2D eigenvalue weighted by atomic mass is 10.0. The molecule has 0 saturated heterocycles. The van der Waals surface area contributed by atoms with Crippen LogP contribution in [0.1, 0.15) is 37.5 Å². The smallest absolute Gasteiger partial charge is 0.172 e. The van der Waals surface area contributed by atoms with Gasteiger partial charge < -0.3 is 4.55 Å². The van der Waals surface area contributed by atoms with Gasteiger partial charge in [-0.25, -0.2) is 17.2 Å². The summed E-state index contributed by atoms with van der Waals surface area (Å²) < 4.78 is 55.5. The molecule has 4 rings (SSSR count). The fourth-order valence-corrected chi connectivity index (χ4v) is 7.05. The van der Waals surface area contributed by atoms with E-state index in [0.717, 1.165) is 19.3 Å². The molecule has 0 radical (unpaired) electrons. The fraction of sp³-hybridized carbons (Fsp3) is 0.200. The van der Waals surface area contributed by atoms with Crippen LogP contribution in [0.3, 0.4) is 0 Å². The first-order chi connectivity index (χ1) is 17.7. The topological polar surface area (TPSA) is 57.2 Å². The molecule has 0 heterocycles. The average molecular weight is 541 g/mol. The second-order valence-corrected chi connectivity index (χ2v) is 11.6. The molecular formula is C30H30F2O3S2. The van der Waals surface area contributed by atoms with Crippen molar-refractivity contribution < 1.29 is 21.8 Å². The van der Waals surface area contributed by atoms with Crippen molar-refractivity contribution in [2.45, 2.75) is 59.6 Å². The zero-order chi connectivity index (χ0) is 27.0. The van der Waals surface area contributed by atoms with Crippen molar-refractivity contribution in [2.75, 3.05) is 0 Å². The minimum Gasteiger partial charge on any atom is -0.744 e. The van der Waals surface area contributed by atoms with E-state index in [0.29, 0.717) is 18.2 Å². The Morgan fingerprint density at radius 1 is 0.703 bits per heavy atom. The fourth-order valence-electron chi connectivity index (χ4n) is 3.98. The molecule has 0 unspecified atom stereocenters. The zero-order valence-corrected chi connectivity index (χ0v) is 22.7. The summed E-state index contributed by atoms with van der Waals surface area (Å²) >= 11 is 0. The Labute approximate surface area is 221 Å². The lowest BCUT2D eigenvalue weighted by Gasteiger charge is -2.16. The summed E-state index contributed by atoms with van der Waals surface area (Å²) in [6.07, 6.45) is 3.27. The molecule has 0 bridgehead atoms.